The third-order valence-electron chi connectivity index (χ3n) is 4.39. The fourth-order valence-electron chi connectivity index (χ4n) is 2.66. The van der Waals surface area contributed by atoms with Gasteiger partial charge in [0.1, 0.15) is 5.82 Å². The lowest BCUT2D eigenvalue weighted by atomic mass is 10.0. The van der Waals surface area contributed by atoms with Gasteiger partial charge in [-0.3, -0.25) is 4.79 Å². The molecule has 7 nitrogen and oxygen atoms in total. The first-order chi connectivity index (χ1) is 12.0. The summed E-state index contributed by atoms with van der Waals surface area (Å²) in [7, 11) is 0. The van der Waals surface area contributed by atoms with E-state index in [4.69, 9.17) is 4.74 Å². The monoisotopic (exact) mass is 348 g/mol. The average molecular weight is 348 g/mol. The third-order valence-corrected chi connectivity index (χ3v) is 4.39. The van der Waals surface area contributed by atoms with Crippen molar-refractivity contribution in [3.05, 3.63) is 23.9 Å². The van der Waals surface area contributed by atoms with E-state index in [0.717, 1.165) is 25.1 Å². The van der Waals surface area contributed by atoms with E-state index in [1.54, 1.807) is 24.1 Å². The molecule has 0 saturated carbocycles. The van der Waals surface area contributed by atoms with Gasteiger partial charge < -0.3 is 20.3 Å². The van der Waals surface area contributed by atoms with Crippen LogP contribution >= 0.6 is 0 Å². The number of hydrogen-bond donors (Lipinski definition) is 2. The Labute approximate surface area is 149 Å². The number of nitrogens with zero attached hydrogens (tertiary/aromatic N) is 2. The van der Waals surface area contributed by atoms with Gasteiger partial charge >= 0.3 is 6.09 Å². The van der Waals surface area contributed by atoms with Gasteiger partial charge in [0, 0.05) is 31.4 Å². The summed E-state index contributed by atoms with van der Waals surface area (Å²) in [5, 5.41) is 6.29. The number of ether oxygens (including phenoxy) is 1. The molecule has 138 valence electrons. The molecule has 1 atom stereocenters. The van der Waals surface area contributed by atoms with E-state index >= 15 is 0 Å². The Balaban J connectivity index is 1.81. The molecule has 7 heteroatoms. The molecule has 2 amide bonds. The largest absolute Gasteiger partial charge is 0.450 e. The van der Waals surface area contributed by atoms with E-state index in [-0.39, 0.29) is 18.0 Å². The molecule has 1 unspecified atom stereocenters. The molecular formula is C18H28N4O3. The van der Waals surface area contributed by atoms with Gasteiger partial charge in [0.15, 0.2) is 0 Å². The van der Waals surface area contributed by atoms with Crippen LogP contribution in [0.2, 0.25) is 0 Å². The Hall–Kier alpha value is -2.31. The molecule has 0 aromatic carbocycles. The van der Waals surface area contributed by atoms with Crippen LogP contribution in [-0.2, 0) is 4.74 Å². The molecule has 0 bridgehead atoms. The summed E-state index contributed by atoms with van der Waals surface area (Å²) in [5.74, 6) is 0.644. The normalized spacial score (nSPS) is 16.2. The van der Waals surface area contributed by atoms with Crippen molar-refractivity contribution in [1.29, 1.82) is 0 Å². The van der Waals surface area contributed by atoms with Crippen molar-refractivity contribution >= 4 is 17.8 Å². The number of pyridine rings is 1. The molecular weight excluding hydrogens is 320 g/mol. The van der Waals surface area contributed by atoms with Gasteiger partial charge in [0.2, 0.25) is 0 Å². The second-order valence-electron chi connectivity index (χ2n) is 6.32. The number of piperidine rings is 1. The number of aromatic nitrogens is 1. The molecule has 1 aliphatic rings. The van der Waals surface area contributed by atoms with Gasteiger partial charge in [-0.15, -0.1) is 0 Å². The molecule has 0 spiro atoms. The third kappa shape index (κ3) is 5.62. The molecule has 1 aromatic heterocycles. The Morgan fingerprint density at radius 1 is 1.32 bits per heavy atom. The average Bonchev–Trinajstić information content (AvgIpc) is 2.63. The smallest absolute Gasteiger partial charge is 0.409 e. The van der Waals surface area contributed by atoms with Crippen molar-refractivity contribution in [1.82, 2.24) is 15.2 Å². The first-order valence-electron chi connectivity index (χ1n) is 8.98. The van der Waals surface area contributed by atoms with E-state index in [0.29, 0.717) is 31.3 Å². The maximum absolute atomic E-state index is 12.3. The van der Waals surface area contributed by atoms with Gasteiger partial charge in [-0.1, -0.05) is 6.92 Å². The number of carbonyl (C=O) groups excluding carboxylic acids is 2. The van der Waals surface area contributed by atoms with Crippen molar-refractivity contribution in [2.24, 2.45) is 0 Å². The summed E-state index contributed by atoms with van der Waals surface area (Å²) in [6.07, 6.45) is 3.78. The lowest BCUT2D eigenvalue weighted by molar-refractivity contribution is 0.0860. The number of rotatable bonds is 6. The zero-order valence-electron chi connectivity index (χ0n) is 15.2. The maximum Gasteiger partial charge on any atom is 0.409 e. The minimum Gasteiger partial charge on any atom is -0.450 e. The number of anilines is 1. The predicted molar refractivity (Wildman–Crippen MR) is 96.7 cm³/mol. The van der Waals surface area contributed by atoms with Gasteiger partial charge in [0.05, 0.1) is 12.2 Å². The lowest BCUT2D eigenvalue weighted by Crippen LogP contribution is -2.46. The summed E-state index contributed by atoms with van der Waals surface area (Å²) in [6, 6.07) is 4.01. The zero-order chi connectivity index (χ0) is 18.2. The van der Waals surface area contributed by atoms with Gasteiger partial charge in [-0.2, -0.15) is 0 Å². The van der Waals surface area contributed by atoms with Crippen LogP contribution in [0.25, 0.3) is 0 Å². The van der Waals surface area contributed by atoms with Crippen LogP contribution in [0.3, 0.4) is 0 Å². The van der Waals surface area contributed by atoms with Crippen LogP contribution in [0.1, 0.15) is 50.4 Å². The molecule has 1 aliphatic heterocycles. The molecule has 0 radical (unpaired) electrons. The second-order valence-corrected chi connectivity index (χ2v) is 6.32. The number of likely N-dealkylation sites (tertiary alicyclic amines) is 1. The highest BCUT2D eigenvalue weighted by Crippen LogP contribution is 2.13. The van der Waals surface area contributed by atoms with Crippen molar-refractivity contribution in [3.8, 4) is 0 Å². The van der Waals surface area contributed by atoms with E-state index < -0.39 is 0 Å². The fourth-order valence-corrected chi connectivity index (χ4v) is 2.66. The van der Waals surface area contributed by atoms with Crippen molar-refractivity contribution < 1.29 is 14.3 Å². The Morgan fingerprint density at radius 2 is 2.04 bits per heavy atom. The van der Waals surface area contributed by atoms with Crippen molar-refractivity contribution in [2.75, 3.05) is 25.0 Å². The van der Waals surface area contributed by atoms with Crippen LogP contribution in [0, 0.1) is 0 Å². The fraction of sp³-hybridized carbons (Fsp3) is 0.611. The minimum absolute atomic E-state index is 0.0658. The maximum atomic E-state index is 12.3. The molecule has 2 rings (SSSR count). The molecule has 1 fully saturated rings. The Morgan fingerprint density at radius 3 is 2.60 bits per heavy atom. The molecule has 1 aromatic rings. The van der Waals surface area contributed by atoms with Crippen LogP contribution < -0.4 is 10.6 Å². The summed E-state index contributed by atoms with van der Waals surface area (Å²) in [6.45, 7) is 7.56. The minimum atomic E-state index is -0.277. The topological polar surface area (TPSA) is 83.6 Å². The van der Waals surface area contributed by atoms with Gasteiger partial charge in [-0.05, 0) is 45.2 Å². The second kappa shape index (κ2) is 9.25. The van der Waals surface area contributed by atoms with Gasteiger partial charge in [0.25, 0.3) is 5.91 Å². The number of hydrogen-bond acceptors (Lipinski definition) is 5. The Bertz CT molecular complexity index is 568. The molecule has 25 heavy (non-hydrogen) atoms. The van der Waals surface area contributed by atoms with Gasteiger partial charge in [-0.25, -0.2) is 9.78 Å². The number of carbonyl (C=O) groups is 2. The van der Waals surface area contributed by atoms with Crippen LogP contribution in [0.4, 0.5) is 10.6 Å². The highest BCUT2D eigenvalue weighted by Gasteiger charge is 2.24. The molecule has 1 saturated heterocycles. The van der Waals surface area contributed by atoms with Crippen molar-refractivity contribution in [3.63, 3.8) is 0 Å². The predicted octanol–water partition coefficient (Wildman–Crippen LogP) is 2.64. The van der Waals surface area contributed by atoms with Crippen LogP contribution in [-0.4, -0.2) is 53.7 Å². The van der Waals surface area contributed by atoms with Crippen LogP contribution in [0.15, 0.2) is 18.3 Å². The number of amides is 2. The van der Waals surface area contributed by atoms with Crippen molar-refractivity contribution in [2.45, 2.75) is 52.1 Å². The summed E-state index contributed by atoms with van der Waals surface area (Å²) in [4.78, 5) is 30.0. The quantitative estimate of drug-likeness (QED) is 0.826. The highest BCUT2D eigenvalue weighted by atomic mass is 16.6. The summed E-state index contributed by atoms with van der Waals surface area (Å²) >= 11 is 0. The lowest BCUT2D eigenvalue weighted by Gasteiger charge is -2.31. The standard InChI is InChI=1S/C18H28N4O3/c1-4-13(3)20-16-7-6-14(12-19-16)17(23)21-15-8-10-22(11-9-15)18(24)25-5-2/h6-7,12-13,15H,4-5,8-11H2,1-3H3,(H,19,20)(H,21,23). The van der Waals surface area contributed by atoms with E-state index in [2.05, 4.69) is 29.5 Å². The van der Waals surface area contributed by atoms with E-state index in [1.807, 2.05) is 6.07 Å². The first kappa shape index (κ1) is 19.0. The SMILES string of the molecule is CCOC(=O)N1CCC(NC(=O)c2ccc(NC(C)CC)nc2)CC1. The van der Waals surface area contributed by atoms with Crippen LogP contribution in [0.5, 0.6) is 0 Å². The highest BCUT2D eigenvalue weighted by molar-refractivity contribution is 5.94. The Kier molecular flexibility index (Phi) is 7.03. The number of nitrogens with one attached hydrogen (secondary N) is 2. The van der Waals surface area contributed by atoms with E-state index in [1.165, 1.54) is 0 Å². The first-order valence-corrected chi connectivity index (χ1v) is 8.98. The molecule has 0 aliphatic carbocycles. The van der Waals surface area contributed by atoms with E-state index in [9.17, 15) is 9.59 Å². The molecule has 2 heterocycles. The molecule has 2 N–H and O–H groups in total. The zero-order valence-corrected chi connectivity index (χ0v) is 15.2. The summed E-state index contributed by atoms with van der Waals surface area (Å²) < 4.78 is 5.00. The summed E-state index contributed by atoms with van der Waals surface area (Å²) in [5.41, 5.74) is 0.544.